The van der Waals surface area contributed by atoms with Crippen LogP contribution in [0, 0.1) is 34.5 Å². The first-order valence-electron chi connectivity index (χ1n) is 10.3. The van der Waals surface area contributed by atoms with Gasteiger partial charge >= 0.3 is 0 Å². The SMILES string of the molecule is CCC(O)[C@H]1CC[C@H]2[C@@H]3CCC4=CC(=O)CC[C@]4(C)[C@H]3CC[C@]12C. The first kappa shape index (κ1) is 16.8. The second kappa shape index (κ2) is 5.69. The second-order valence-electron chi connectivity index (χ2n) is 9.67. The third kappa shape index (κ3) is 2.21. The summed E-state index contributed by atoms with van der Waals surface area (Å²) in [6, 6.07) is 0. The van der Waals surface area contributed by atoms with E-state index in [1.54, 1.807) is 0 Å². The average molecular weight is 331 g/mol. The molecule has 3 fully saturated rings. The van der Waals surface area contributed by atoms with Crippen molar-refractivity contribution < 1.29 is 9.90 Å². The fourth-order valence-electron chi connectivity index (χ4n) is 7.52. The van der Waals surface area contributed by atoms with Crippen molar-refractivity contribution in [1.29, 1.82) is 0 Å². The molecular weight excluding hydrogens is 296 g/mol. The Morgan fingerprint density at radius 2 is 1.92 bits per heavy atom. The van der Waals surface area contributed by atoms with Gasteiger partial charge in [0.1, 0.15) is 0 Å². The Kier molecular flexibility index (Phi) is 3.99. The molecule has 0 aliphatic heterocycles. The van der Waals surface area contributed by atoms with Crippen LogP contribution in [0.15, 0.2) is 11.6 Å². The number of rotatable bonds is 2. The summed E-state index contributed by atoms with van der Waals surface area (Å²) in [4.78, 5) is 11.9. The quantitative estimate of drug-likeness (QED) is 0.781. The van der Waals surface area contributed by atoms with Gasteiger partial charge in [0, 0.05) is 6.42 Å². The lowest BCUT2D eigenvalue weighted by Gasteiger charge is -2.58. The van der Waals surface area contributed by atoms with E-state index >= 15 is 0 Å². The van der Waals surface area contributed by atoms with E-state index in [4.69, 9.17) is 0 Å². The minimum atomic E-state index is -0.113. The summed E-state index contributed by atoms with van der Waals surface area (Å²) in [5.74, 6) is 3.23. The first-order valence-corrected chi connectivity index (χ1v) is 10.3. The molecule has 134 valence electrons. The molecule has 2 nitrogen and oxygen atoms in total. The van der Waals surface area contributed by atoms with Gasteiger partial charge in [0.2, 0.25) is 0 Å². The smallest absolute Gasteiger partial charge is 0.155 e. The Morgan fingerprint density at radius 1 is 1.12 bits per heavy atom. The lowest BCUT2D eigenvalue weighted by molar-refractivity contribution is -0.118. The highest BCUT2D eigenvalue weighted by Crippen LogP contribution is 2.67. The molecule has 0 aromatic heterocycles. The zero-order chi connectivity index (χ0) is 17.1. The van der Waals surface area contributed by atoms with Crippen molar-refractivity contribution >= 4 is 5.78 Å². The number of hydrogen-bond acceptors (Lipinski definition) is 2. The first-order chi connectivity index (χ1) is 11.4. The van der Waals surface area contributed by atoms with E-state index in [2.05, 4.69) is 20.8 Å². The van der Waals surface area contributed by atoms with Crippen LogP contribution < -0.4 is 0 Å². The van der Waals surface area contributed by atoms with E-state index in [0.717, 1.165) is 43.4 Å². The standard InChI is InChI=1S/C22H34O2/c1-4-20(24)19-8-7-17-16-6-5-14-13-15(23)9-11-21(14,2)18(16)10-12-22(17,19)3/h13,16-20,24H,4-12H2,1-3H3/t16-,17-,18-,19+,20?,21-,22-/m0/s1. The predicted octanol–water partition coefficient (Wildman–Crippen LogP) is 4.91. The number of fused-ring (bicyclic) bond motifs is 5. The van der Waals surface area contributed by atoms with Crippen LogP contribution in [0.25, 0.3) is 0 Å². The van der Waals surface area contributed by atoms with E-state index in [1.165, 1.54) is 37.7 Å². The Balaban J connectivity index is 1.63. The summed E-state index contributed by atoms with van der Waals surface area (Å²) in [7, 11) is 0. The van der Waals surface area contributed by atoms with Gasteiger partial charge in [-0.05, 0) is 91.9 Å². The van der Waals surface area contributed by atoms with Crippen LogP contribution in [0.1, 0.15) is 78.6 Å². The van der Waals surface area contributed by atoms with Crippen molar-refractivity contribution in [2.75, 3.05) is 0 Å². The summed E-state index contributed by atoms with van der Waals surface area (Å²) >= 11 is 0. The summed E-state index contributed by atoms with van der Waals surface area (Å²) in [6.45, 7) is 7.07. The van der Waals surface area contributed by atoms with E-state index in [0.29, 0.717) is 17.1 Å². The molecule has 0 spiro atoms. The van der Waals surface area contributed by atoms with Crippen molar-refractivity contribution in [3.63, 3.8) is 0 Å². The van der Waals surface area contributed by atoms with Gasteiger partial charge in [-0.3, -0.25) is 4.79 Å². The van der Waals surface area contributed by atoms with Crippen LogP contribution in [0.3, 0.4) is 0 Å². The van der Waals surface area contributed by atoms with Crippen LogP contribution >= 0.6 is 0 Å². The molecule has 1 unspecified atom stereocenters. The van der Waals surface area contributed by atoms with Crippen LogP contribution in [0.2, 0.25) is 0 Å². The van der Waals surface area contributed by atoms with Crippen molar-refractivity contribution in [2.24, 2.45) is 34.5 Å². The molecule has 0 aromatic rings. The van der Waals surface area contributed by atoms with Crippen molar-refractivity contribution in [3.05, 3.63) is 11.6 Å². The van der Waals surface area contributed by atoms with Crippen molar-refractivity contribution in [2.45, 2.75) is 84.7 Å². The molecule has 4 aliphatic carbocycles. The molecule has 0 aromatic carbocycles. The van der Waals surface area contributed by atoms with E-state index < -0.39 is 0 Å². The Bertz CT molecular complexity index is 564. The van der Waals surface area contributed by atoms with Gasteiger partial charge < -0.3 is 5.11 Å². The maximum atomic E-state index is 11.9. The Morgan fingerprint density at radius 3 is 2.67 bits per heavy atom. The number of aliphatic hydroxyl groups is 1. The molecule has 0 bridgehead atoms. The number of carbonyl (C=O) groups excluding carboxylic acids is 1. The number of carbonyl (C=O) groups is 1. The Hall–Kier alpha value is -0.630. The summed E-state index contributed by atoms with van der Waals surface area (Å²) in [5, 5.41) is 10.6. The topological polar surface area (TPSA) is 37.3 Å². The zero-order valence-corrected chi connectivity index (χ0v) is 15.7. The molecular formula is C22H34O2. The number of hydrogen-bond donors (Lipinski definition) is 1. The molecule has 1 N–H and O–H groups in total. The number of ketones is 1. The van der Waals surface area contributed by atoms with Crippen molar-refractivity contribution in [1.82, 2.24) is 0 Å². The fraction of sp³-hybridized carbons (Fsp3) is 0.864. The van der Waals surface area contributed by atoms with E-state index in [-0.39, 0.29) is 11.5 Å². The summed E-state index contributed by atoms with van der Waals surface area (Å²) in [6.07, 6.45) is 12.1. The molecule has 4 rings (SSSR count). The molecule has 0 radical (unpaired) electrons. The second-order valence-corrected chi connectivity index (χ2v) is 9.67. The third-order valence-electron chi connectivity index (χ3n) is 8.92. The number of aliphatic hydroxyl groups excluding tert-OH is 1. The normalized spacial score (nSPS) is 49.0. The van der Waals surface area contributed by atoms with Crippen LogP contribution in [0.4, 0.5) is 0 Å². The average Bonchev–Trinajstić information content (AvgIpc) is 2.92. The zero-order valence-electron chi connectivity index (χ0n) is 15.7. The van der Waals surface area contributed by atoms with Gasteiger partial charge in [-0.1, -0.05) is 26.3 Å². The van der Waals surface area contributed by atoms with Gasteiger partial charge in [-0.25, -0.2) is 0 Å². The van der Waals surface area contributed by atoms with Crippen LogP contribution in [-0.4, -0.2) is 17.0 Å². The van der Waals surface area contributed by atoms with Crippen molar-refractivity contribution in [3.8, 4) is 0 Å². The molecule has 2 heteroatoms. The lowest BCUT2D eigenvalue weighted by atomic mass is 9.46. The van der Waals surface area contributed by atoms with Crippen LogP contribution in [-0.2, 0) is 4.79 Å². The van der Waals surface area contributed by atoms with Crippen LogP contribution in [0.5, 0.6) is 0 Å². The third-order valence-corrected chi connectivity index (χ3v) is 8.92. The highest BCUT2D eigenvalue weighted by Gasteiger charge is 2.59. The molecule has 0 saturated heterocycles. The molecule has 24 heavy (non-hydrogen) atoms. The Labute approximate surface area is 147 Å². The van der Waals surface area contributed by atoms with Gasteiger partial charge in [0.15, 0.2) is 5.78 Å². The molecule has 7 atom stereocenters. The minimum Gasteiger partial charge on any atom is -0.393 e. The number of allylic oxidation sites excluding steroid dienone is 1. The van der Waals surface area contributed by atoms with E-state index in [1.807, 2.05) is 6.08 Å². The highest BCUT2D eigenvalue weighted by atomic mass is 16.3. The molecule has 0 amide bonds. The van der Waals surface area contributed by atoms with E-state index in [9.17, 15) is 9.90 Å². The minimum absolute atomic E-state index is 0.113. The summed E-state index contributed by atoms with van der Waals surface area (Å²) < 4.78 is 0. The highest BCUT2D eigenvalue weighted by molar-refractivity contribution is 5.91. The van der Waals surface area contributed by atoms with Gasteiger partial charge in [-0.2, -0.15) is 0 Å². The lowest BCUT2D eigenvalue weighted by Crippen LogP contribution is -2.51. The fourth-order valence-corrected chi connectivity index (χ4v) is 7.52. The van der Waals surface area contributed by atoms with Gasteiger partial charge in [-0.15, -0.1) is 0 Å². The maximum absolute atomic E-state index is 11.9. The molecule has 0 heterocycles. The van der Waals surface area contributed by atoms with Gasteiger partial charge in [0.05, 0.1) is 6.10 Å². The summed E-state index contributed by atoms with van der Waals surface area (Å²) in [5.41, 5.74) is 2.09. The predicted molar refractivity (Wildman–Crippen MR) is 96.5 cm³/mol. The molecule has 3 saturated carbocycles. The molecule has 4 aliphatic rings. The largest absolute Gasteiger partial charge is 0.393 e. The maximum Gasteiger partial charge on any atom is 0.155 e. The monoisotopic (exact) mass is 330 g/mol. The van der Waals surface area contributed by atoms with Gasteiger partial charge in [0.25, 0.3) is 0 Å².